The first kappa shape index (κ1) is 31.4. The Labute approximate surface area is 242 Å². The summed E-state index contributed by atoms with van der Waals surface area (Å²) < 4.78 is 45.5. The van der Waals surface area contributed by atoms with Gasteiger partial charge in [-0.25, -0.2) is 13.2 Å². The van der Waals surface area contributed by atoms with Gasteiger partial charge in [-0.2, -0.15) is 4.31 Å². The first-order valence-electron chi connectivity index (χ1n) is 14.3. The van der Waals surface area contributed by atoms with Crippen LogP contribution in [0, 0.1) is 11.8 Å². The van der Waals surface area contributed by atoms with Crippen molar-refractivity contribution in [1.29, 1.82) is 0 Å². The van der Waals surface area contributed by atoms with Crippen molar-refractivity contribution in [3.8, 4) is 0 Å². The van der Waals surface area contributed by atoms with Gasteiger partial charge in [0.25, 0.3) is 0 Å². The Balaban J connectivity index is 1.53. The summed E-state index contributed by atoms with van der Waals surface area (Å²) in [6, 6.07) is 14.6. The Morgan fingerprint density at radius 3 is 2.44 bits per heavy atom. The number of fused-ring (bicyclic) bond motifs is 1. The van der Waals surface area contributed by atoms with Gasteiger partial charge in [0, 0.05) is 13.1 Å². The summed E-state index contributed by atoms with van der Waals surface area (Å²) in [5.74, 6) is -0.00206. The van der Waals surface area contributed by atoms with Crippen LogP contribution in [0.5, 0.6) is 0 Å². The highest BCUT2D eigenvalue weighted by molar-refractivity contribution is 7.89. The lowest BCUT2D eigenvalue weighted by Gasteiger charge is -2.31. The number of aliphatic hydroxyl groups is 2. The number of carbonyl (C=O) groups excluding carboxylic acids is 1. The SMILES string of the molecule is CC[C@H](C)CN(C[C@@H](O)[C@H](Cc1ccccc1)NC(=O)O[C@H]1CO[C@H]2OCC[C@H]21)S(=O)(=O)c1ccc([C@@H](C)O)cc1. The predicted octanol–water partition coefficient (Wildman–Crippen LogP) is 3.24. The van der Waals surface area contributed by atoms with E-state index >= 15 is 0 Å². The van der Waals surface area contributed by atoms with Crippen molar-refractivity contribution < 1.29 is 37.6 Å². The van der Waals surface area contributed by atoms with Gasteiger partial charge in [-0.05, 0) is 48.9 Å². The number of sulfonamides is 1. The van der Waals surface area contributed by atoms with Crippen LogP contribution in [0.15, 0.2) is 59.5 Å². The third-order valence-corrected chi connectivity index (χ3v) is 9.76. The molecule has 2 fully saturated rings. The minimum Gasteiger partial charge on any atom is -0.443 e. The zero-order valence-corrected chi connectivity index (χ0v) is 24.7. The highest BCUT2D eigenvalue weighted by atomic mass is 32.2. The summed E-state index contributed by atoms with van der Waals surface area (Å²) in [6.45, 7) is 6.29. The number of amides is 1. The molecule has 226 valence electrons. The molecule has 0 radical (unpaired) electrons. The molecule has 3 N–H and O–H groups in total. The third kappa shape index (κ3) is 8.06. The summed E-state index contributed by atoms with van der Waals surface area (Å²) in [5.41, 5.74) is 1.47. The van der Waals surface area contributed by atoms with Gasteiger partial charge in [-0.1, -0.05) is 62.7 Å². The monoisotopic (exact) mass is 590 g/mol. The first-order chi connectivity index (χ1) is 19.6. The molecule has 7 atom stereocenters. The fourth-order valence-electron chi connectivity index (χ4n) is 5.17. The number of alkyl carbamates (subject to hydrolysis) is 1. The minimum absolute atomic E-state index is 0.0307. The maximum Gasteiger partial charge on any atom is 0.407 e. The molecule has 0 spiro atoms. The number of carbonyl (C=O) groups is 1. The summed E-state index contributed by atoms with van der Waals surface area (Å²) in [7, 11) is -3.99. The van der Waals surface area contributed by atoms with Crippen LogP contribution in [0.25, 0.3) is 0 Å². The molecule has 2 saturated heterocycles. The van der Waals surface area contributed by atoms with Crippen molar-refractivity contribution >= 4 is 16.1 Å². The Morgan fingerprint density at radius 2 is 1.78 bits per heavy atom. The number of rotatable bonds is 13. The second-order valence-electron chi connectivity index (χ2n) is 11.1. The molecule has 4 rings (SSSR count). The molecule has 0 unspecified atom stereocenters. The van der Waals surface area contributed by atoms with Gasteiger partial charge in [0.15, 0.2) is 6.29 Å². The Kier molecular flexibility index (Phi) is 10.8. The number of hydrogen-bond donors (Lipinski definition) is 3. The van der Waals surface area contributed by atoms with Crippen LogP contribution in [-0.4, -0.2) is 79.9 Å². The average Bonchev–Trinajstić information content (AvgIpc) is 3.58. The number of nitrogens with one attached hydrogen (secondary N) is 1. The predicted molar refractivity (Wildman–Crippen MR) is 152 cm³/mol. The van der Waals surface area contributed by atoms with Crippen molar-refractivity contribution in [1.82, 2.24) is 9.62 Å². The molecule has 2 aromatic rings. The smallest absolute Gasteiger partial charge is 0.407 e. The van der Waals surface area contributed by atoms with Crippen LogP contribution >= 0.6 is 0 Å². The van der Waals surface area contributed by atoms with Gasteiger partial charge < -0.3 is 29.7 Å². The van der Waals surface area contributed by atoms with Crippen LogP contribution in [0.3, 0.4) is 0 Å². The van der Waals surface area contributed by atoms with Crippen LogP contribution < -0.4 is 5.32 Å². The van der Waals surface area contributed by atoms with Crippen LogP contribution in [0.2, 0.25) is 0 Å². The summed E-state index contributed by atoms with van der Waals surface area (Å²) in [5, 5.41) is 24.1. The maximum atomic E-state index is 13.8. The Bertz CT molecular complexity index is 1220. The normalized spacial score (nSPS) is 23.5. The van der Waals surface area contributed by atoms with E-state index in [0.717, 1.165) is 18.4 Å². The number of ether oxygens (including phenoxy) is 3. The second-order valence-corrected chi connectivity index (χ2v) is 13.0. The molecule has 2 aliphatic rings. The zero-order valence-electron chi connectivity index (χ0n) is 23.9. The largest absolute Gasteiger partial charge is 0.443 e. The van der Waals surface area contributed by atoms with E-state index in [1.54, 1.807) is 19.1 Å². The van der Waals surface area contributed by atoms with E-state index in [1.807, 2.05) is 44.2 Å². The maximum absolute atomic E-state index is 13.8. The van der Waals surface area contributed by atoms with Gasteiger partial charge in [0.2, 0.25) is 10.0 Å². The van der Waals surface area contributed by atoms with Crippen LogP contribution in [0.1, 0.15) is 50.8 Å². The van der Waals surface area contributed by atoms with E-state index < -0.39 is 40.5 Å². The lowest BCUT2D eigenvalue weighted by Crippen LogP contribution is -2.51. The molecule has 0 aliphatic carbocycles. The summed E-state index contributed by atoms with van der Waals surface area (Å²) in [4.78, 5) is 13.1. The molecule has 0 aromatic heterocycles. The standard InChI is InChI=1S/C30H42N2O8S/c1-4-20(2)17-32(41(36,37)24-12-10-23(11-13-24)21(3)33)18-27(34)26(16-22-8-6-5-7-9-22)31-30(35)40-28-19-39-29-25(28)14-15-38-29/h5-13,20-21,25-29,33-34H,4,14-19H2,1-3H3,(H,31,35)/t20-,21+,25-,26-,27+,28-,29+/m0/s1. The van der Waals surface area contributed by atoms with Gasteiger partial charge in [-0.15, -0.1) is 0 Å². The van der Waals surface area contributed by atoms with Crippen LogP contribution in [-0.2, 0) is 30.7 Å². The van der Waals surface area contributed by atoms with E-state index in [-0.39, 0.29) is 49.1 Å². The van der Waals surface area contributed by atoms with E-state index in [4.69, 9.17) is 14.2 Å². The molecular weight excluding hydrogens is 548 g/mol. The molecule has 0 bridgehead atoms. The van der Waals surface area contributed by atoms with Crippen molar-refractivity contribution in [3.05, 3.63) is 65.7 Å². The number of nitrogens with zero attached hydrogens (tertiary/aromatic N) is 1. The lowest BCUT2D eigenvalue weighted by molar-refractivity contribution is -0.0907. The second kappa shape index (κ2) is 14.1. The third-order valence-electron chi connectivity index (χ3n) is 7.91. The Morgan fingerprint density at radius 1 is 1.07 bits per heavy atom. The first-order valence-corrected chi connectivity index (χ1v) is 15.7. The van der Waals surface area contributed by atoms with Gasteiger partial charge in [0.05, 0.1) is 42.3 Å². The molecule has 11 heteroatoms. The highest BCUT2D eigenvalue weighted by Crippen LogP contribution is 2.33. The minimum atomic E-state index is -3.99. The summed E-state index contributed by atoms with van der Waals surface area (Å²) >= 11 is 0. The molecule has 10 nitrogen and oxygen atoms in total. The van der Waals surface area contributed by atoms with Gasteiger partial charge in [-0.3, -0.25) is 0 Å². The molecule has 1 amide bonds. The van der Waals surface area contributed by atoms with E-state index in [9.17, 15) is 23.4 Å². The van der Waals surface area contributed by atoms with Crippen molar-refractivity contribution in [2.75, 3.05) is 26.3 Å². The van der Waals surface area contributed by atoms with Gasteiger partial charge in [0.1, 0.15) is 6.10 Å². The molecule has 2 heterocycles. The highest BCUT2D eigenvalue weighted by Gasteiger charge is 2.44. The van der Waals surface area contributed by atoms with E-state index in [2.05, 4.69) is 5.32 Å². The average molecular weight is 591 g/mol. The quantitative estimate of drug-likeness (QED) is 0.324. The molecule has 2 aromatic carbocycles. The Hall–Kier alpha value is -2.54. The van der Waals surface area contributed by atoms with E-state index in [1.165, 1.54) is 16.4 Å². The molecule has 41 heavy (non-hydrogen) atoms. The fraction of sp³-hybridized carbons (Fsp3) is 0.567. The number of hydrogen-bond acceptors (Lipinski definition) is 8. The van der Waals surface area contributed by atoms with Crippen molar-refractivity contribution in [3.63, 3.8) is 0 Å². The molecule has 2 aliphatic heterocycles. The van der Waals surface area contributed by atoms with Crippen molar-refractivity contribution in [2.24, 2.45) is 11.8 Å². The molecule has 0 saturated carbocycles. The van der Waals surface area contributed by atoms with Crippen LogP contribution in [0.4, 0.5) is 4.79 Å². The fourth-order valence-corrected chi connectivity index (χ4v) is 6.75. The topological polar surface area (TPSA) is 135 Å². The number of aliphatic hydroxyl groups excluding tert-OH is 2. The van der Waals surface area contributed by atoms with E-state index in [0.29, 0.717) is 12.2 Å². The van der Waals surface area contributed by atoms with Crippen molar-refractivity contribution in [2.45, 2.75) is 75.6 Å². The van der Waals surface area contributed by atoms with Gasteiger partial charge >= 0.3 is 6.09 Å². The lowest BCUT2D eigenvalue weighted by atomic mass is 10.0. The molecular formula is C30H42N2O8S. The number of benzene rings is 2. The zero-order chi connectivity index (χ0) is 29.6. The summed E-state index contributed by atoms with van der Waals surface area (Å²) in [6.07, 6.45) is -1.73.